The Kier molecular flexibility index (Phi) is 1.83. The summed E-state index contributed by atoms with van der Waals surface area (Å²) >= 11 is 0. The van der Waals surface area contributed by atoms with Crippen molar-refractivity contribution in [1.82, 2.24) is 20.5 Å². The Balaban J connectivity index is 2.35. The van der Waals surface area contributed by atoms with Crippen molar-refractivity contribution in [2.24, 2.45) is 5.73 Å². The topological polar surface area (TPSA) is 103 Å². The van der Waals surface area contributed by atoms with Crippen molar-refractivity contribution in [3.63, 3.8) is 0 Å². The van der Waals surface area contributed by atoms with E-state index in [1.54, 1.807) is 0 Å². The Morgan fingerprint density at radius 3 is 3.20 bits per heavy atom. The smallest absolute Gasteiger partial charge is 0.186 e. The van der Waals surface area contributed by atoms with Gasteiger partial charge in [-0.05, 0) is 0 Å². The highest BCUT2D eigenvalue weighted by atomic mass is 15.2. The van der Waals surface area contributed by atoms with Crippen molar-refractivity contribution in [2.75, 3.05) is 0 Å². The summed E-state index contributed by atoms with van der Waals surface area (Å²) in [6.45, 7) is 0.388. The van der Waals surface area contributed by atoms with Crippen LogP contribution in [0, 0.1) is 5.41 Å². The number of nitrogens with two attached hydrogens (primary N) is 1. The third-order valence-electron chi connectivity index (χ3n) is 0.902. The highest BCUT2D eigenvalue weighted by Gasteiger charge is 1.93. The average Bonchev–Trinajstić information content (AvgIpc) is 2.34. The minimum atomic E-state index is -0.0789. The minimum Gasteiger partial charge on any atom is -0.370 e. The van der Waals surface area contributed by atoms with Crippen molar-refractivity contribution in [3.8, 4) is 0 Å². The predicted molar refractivity (Wildman–Crippen MR) is 35.1 cm³/mol. The van der Waals surface area contributed by atoms with Gasteiger partial charge in [0.05, 0.1) is 6.54 Å². The molecule has 5 N–H and O–H groups in total. The summed E-state index contributed by atoms with van der Waals surface area (Å²) in [6.07, 6.45) is 1.47. The summed E-state index contributed by atoms with van der Waals surface area (Å²) in [5, 5.41) is 15.6. The third-order valence-corrected chi connectivity index (χ3v) is 0.902. The molecule has 0 saturated heterocycles. The Bertz CT molecular complexity index is 202. The van der Waals surface area contributed by atoms with E-state index in [0.29, 0.717) is 12.4 Å². The molecule has 0 fully saturated rings. The molecule has 6 nitrogen and oxygen atoms in total. The fraction of sp³-hybridized carbons (Fsp3) is 0.250. The molecule has 0 atom stereocenters. The van der Waals surface area contributed by atoms with Crippen LogP contribution in [0.15, 0.2) is 6.33 Å². The molecular formula is C4H8N6. The Hall–Kier alpha value is -1.59. The number of rotatable bonds is 2. The summed E-state index contributed by atoms with van der Waals surface area (Å²) < 4.78 is 0. The molecule has 1 heterocycles. The van der Waals surface area contributed by atoms with E-state index in [9.17, 15) is 0 Å². The van der Waals surface area contributed by atoms with Crippen molar-refractivity contribution in [2.45, 2.75) is 6.54 Å². The number of aromatic amines is 1. The first-order valence-corrected chi connectivity index (χ1v) is 2.71. The summed E-state index contributed by atoms with van der Waals surface area (Å²) in [7, 11) is 0. The lowest BCUT2D eigenvalue weighted by Gasteiger charge is -1.96. The molecule has 0 aliphatic carbocycles. The monoisotopic (exact) mass is 140 g/mol. The quantitative estimate of drug-likeness (QED) is 0.305. The fourth-order valence-electron chi connectivity index (χ4n) is 0.495. The normalized spacial score (nSPS) is 9.20. The Labute approximate surface area is 57.4 Å². The zero-order chi connectivity index (χ0) is 7.40. The molecule has 0 aliphatic rings. The van der Waals surface area contributed by atoms with Crippen LogP contribution in [0.25, 0.3) is 0 Å². The van der Waals surface area contributed by atoms with E-state index >= 15 is 0 Å². The van der Waals surface area contributed by atoms with Crippen molar-refractivity contribution in [1.29, 1.82) is 5.41 Å². The van der Waals surface area contributed by atoms with Crippen LogP contribution in [0.2, 0.25) is 0 Å². The number of nitrogens with zero attached hydrogens (tertiary/aromatic N) is 2. The molecule has 6 heteroatoms. The molecule has 0 aromatic carbocycles. The van der Waals surface area contributed by atoms with Crippen LogP contribution in [-0.4, -0.2) is 21.1 Å². The maximum absolute atomic E-state index is 6.80. The predicted octanol–water partition coefficient (Wildman–Crippen LogP) is -1.21. The van der Waals surface area contributed by atoms with Gasteiger partial charge >= 0.3 is 0 Å². The molecule has 1 aromatic heterocycles. The zero-order valence-electron chi connectivity index (χ0n) is 5.26. The molecule has 1 rings (SSSR count). The second-order valence-corrected chi connectivity index (χ2v) is 1.68. The highest BCUT2D eigenvalue weighted by Crippen LogP contribution is 1.81. The molecule has 0 spiro atoms. The van der Waals surface area contributed by atoms with Crippen LogP contribution in [0.3, 0.4) is 0 Å². The lowest BCUT2D eigenvalue weighted by atomic mass is 10.6. The van der Waals surface area contributed by atoms with Gasteiger partial charge in [-0.2, -0.15) is 5.10 Å². The van der Waals surface area contributed by atoms with Gasteiger partial charge in [0.2, 0.25) is 0 Å². The summed E-state index contributed by atoms with van der Waals surface area (Å²) in [5.41, 5.74) is 5.02. The molecule has 10 heavy (non-hydrogen) atoms. The first-order valence-electron chi connectivity index (χ1n) is 2.71. The van der Waals surface area contributed by atoms with Gasteiger partial charge in [0.1, 0.15) is 6.33 Å². The van der Waals surface area contributed by atoms with E-state index in [0.717, 1.165) is 0 Å². The van der Waals surface area contributed by atoms with Crippen molar-refractivity contribution < 1.29 is 0 Å². The van der Waals surface area contributed by atoms with Crippen LogP contribution in [-0.2, 0) is 6.54 Å². The van der Waals surface area contributed by atoms with Gasteiger partial charge in [0.25, 0.3) is 0 Å². The van der Waals surface area contributed by atoms with E-state index in [1.807, 2.05) is 0 Å². The number of hydrogen-bond acceptors (Lipinski definition) is 3. The van der Waals surface area contributed by atoms with E-state index < -0.39 is 0 Å². The molecule has 1 aromatic rings. The van der Waals surface area contributed by atoms with E-state index in [1.165, 1.54) is 6.33 Å². The van der Waals surface area contributed by atoms with Crippen LogP contribution in [0.1, 0.15) is 5.82 Å². The maximum Gasteiger partial charge on any atom is 0.186 e. The summed E-state index contributed by atoms with van der Waals surface area (Å²) in [4.78, 5) is 3.81. The lowest BCUT2D eigenvalue weighted by Crippen LogP contribution is -2.29. The first kappa shape index (κ1) is 6.53. The molecule has 0 radical (unpaired) electrons. The first-order chi connectivity index (χ1) is 4.79. The Morgan fingerprint density at radius 1 is 1.90 bits per heavy atom. The van der Waals surface area contributed by atoms with Crippen LogP contribution in [0.5, 0.6) is 0 Å². The highest BCUT2D eigenvalue weighted by molar-refractivity contribution is 5.74. The lowest BCUT2D eigenvalue weighted by molar-refractivity contribution is 0.821. The average molecular weight is 140 g/mol. The number of aromatic nitrogens is 3. The molecule has 0 unspecified atom stereocenters. The number of hydrogen-bond donors (Lipinski definition) is 4. The molecular weight excluding hydrogens is 132 g/mol. The summed E-state index contributed by atoms with van der Waals surface area (Å²) in [6, 6.07) is 0. The Morgan fingerprint density at radius 2 is 2.70 bits per heavy atom. The van der Waals surface area contributed by atoms with E-state index in [2.05, 4.69) is 20.5 Å². The largest absolute Gasteiger partial charge is 0.370 e. The molecule has 54 valence electrons. The number of nitrogens with one attached hydrogen (secondary N) is 3. The van der Waals surface area contributed by atoms with Gasteiger partial charge in [-0.1, -0.05) is 0 Å². The van der Waals surface area contributed by atoms with E-state index in [4.69, 9.17) is 11.1 Å². The minimum absolute atomic E-state index is 0.0789. The second-order valence-electron chi connectivity index (χ2n) is 1.68. The molecule has 0 amide bonds. The van der Waals surface area contributed by atoms with Gasteiger partial charge in [-0.3, -0.25) is 10.5 Å². The van der Waals surface area contributed by atoms with Gasteiger partial charge < -0.3 is 11.1 Å². The number of guanidine groups is 1. The zero-order valence-corrected chi connectivity index (χ0v) is 5.26. The molecule has 0 bridgehead atoms. The summed E-state index contributed by atoms with van der Waals surface area (Å²) in [5.74, 6) is 0.514. The van der Waals surface area contributed by atoms with Crippen LogP contribution >= 0.6 is 0 Å². The van der Waals surface area contributed by atoms with Gasteiger partial charge in [0, 0.05) is 0 Å². The molecule has 0 saturated carbocycles. The standard InChI is InChI=1S/C4H8N6/c5-4(6)7-1-3-8-2-9-10-3/h2H,1H2,(H4,5,6,7)(H,8,9,10). The fourth-order valence-corrected chi connectivity index (χ4v) is 0.495. The van der Waals surface area contributed by atoms with Gasteiger partial charge in [0.15, 0.2) is 11.8 Å². The van der Waals surface area contributed by atoms with Gasteiger partial charge in [-0.25, -0.2) is 4.98 Å². The van der Waals surface area contributed by atoms with Gasteiger partial charge in [-0.15, -0.1) is 0 Å². The van der Waals surface area contributed by atoms with Crippen molar-refractivity contribution in [3.05, 3.63) is 12.2 Å². The number of H-pyrrole nitrogens is 1. The van der Waals surface area contributed by atoms with Crippen LogP contribution < -0.4 is 11.1 Å². The SMILES string of the molecule is N=C(N)NCc1nc[nH]n1. The van der Waals surface area contributed by atoms with E-state index in [-0.39, 0.29) is 5.96 Å². The maximum atomic E-state index is 6.80. The third kappa shape index (κ3) is 1.73. The van der Waals surface area contributed by atoms with Crippen LogP contribution in [0.4, 0.5) is 0 Å². The van der Waals surface area contributed by atoms with Crippen molar-refractivity contribution >= 4 is 5.96 Å². The second kappa shape index (κ2) is 2.81. The molecule has 0 aliphatic heterocycles.